The molecule has 0 aromatic rings. The van der Waals surface area contributed by atoms with Crippen molar-refractivity contribution in [3.8, 4) is 0 Å². The predicted molar refractivity (Wildman–Crippen MR) is 83.7 cm³/mol. The average Bonchev–Trinajstić information content (AvgIpc) is 2.46. The van der Waals surface area contributed by atoms with Gasteiger partial charge in [0.2, 0.25) is 5.91 Å². The van der Waals surface area contributed by atoms with Crippen molar-refractivity contribution in [1.82, 2.24) is 5.32 Å². The first-order chi connectivity index (χ1) is 9.97. The third-order valence-electron chi connectivity index (χ3n) is 4.33. The van der Waals surface area contributed by atoms with Gasteiger partial charge in [0.05, 0.1) is 5.71 Å². The molecule has 0 spiro atoms. The fraction of sp³-hybridized carbons (Fsp3) is 0.471. The zero-order valence-electron chi connectivity index (χ0n) is 13.1. The Balaban J connectivity index is 2.26. The number of nitrogens with one attached hydrogen (secondary N) is 1. The molecule has 1 unspecified atom stereocenters. The van der Waals surface area contributed by atoms with E-state index in [1.54, 1.807) is 6.08 Å². The summed E-state index contributed by atoms with van der Waals surface area (Å²) in [4.78, 5) is 28.1. The Morgan fingerprint density at radius 3 is 2.62 bits per heavy atom. The van der Waals surface area contributed by atoms with Gasteiger partial charge < -0.3 is 5.32 Å². The van der Waals surface area contributed by atoms with Gasteiger partial charge in [-0.15, -0.1) is 0 Å². The van der Waals surface area contributed by atoms with Crippen LogP contribution in [-0.2, 0) is 9.59 Å². The van der Waals surface area contributed by atoms with Crippen molar-refractivity contribution in [1.29, 1.82) is 0 Å². The topological polar surface area (TPSA) is 58.5 Å². The van der Waals surface area contributed by atoms with E-state index in [0.717, 1.165) is 29.7 Å². The molecule has 2 rings (SSSR count). The van der Waals surface area contributed by atoms with Crippen LogP contribution in [0.3, 0.4) is 0 Å². The summed E-state index contributed by atoms with van der Waals surface area (Å²) in [6.45, 7) is 7.79. The van der Waals surface area contributed by atoms with E-state index in [9.17, 15) is 9.59 Å². The van der Waals surface area contributed by atoms with Crippen LogP contribution in [0.25, 0.3) is 0 Å². The van der Waals surface area contributed by atoms with Gasteiger partial charge >= 0.3 is 0 Å². The standard InChI is InChI=1S/C17H22N2O2/c1-5-12(6-2)17(21)18-13-7-8-14-10(3)11(4)16(20)19-15(14)9-13/h7-9,12,14H,5-6H2,1-4H3,(H,19,20). The molecule has 0 bridgehead atoms. The summed E-state index contributed by atoms with van der Waals surface area (Å²) in [6.07, 6.45) is 7.26. The molecule has 1 atom stereocenters. The molecule has 1 N–H and O–H groups in total. The Labute approximate surface area is 125 Å². The molecule has 4 nitrogen and oxygen atoms in total. The maximum atomic E-state index is 12.1. The van der Waals surface area contributed by atoms with Gasteiger partial charge in [-0.05, 0) is 38.8 Å². The molecule has 21 heavy (non-hydrogen) atoms. The summed E-state index contributed by atoms with van der Waals surface area (Å²) >= 11 is 0. The van der Waals surface area contributed by atoms with Crippen LogP contribution in [0.4, 0.5) is 0 Å². The van der Waals surface area contributed by atoms with Gasteiger partial charge in [-0.3, -0.25) is 9.59 Å². The molecule has 2 amide bonds. The van der Waals surface area contributed by atoms with E-state index >= 15 is 0 Å². The molecule has 0 saturated carbocycles. The molecule has 0 saturated heterocycles. The van der Waals surface area contributed by atoms with Crippen molar-refractivity contribution in [2.45, 2.75) is 40.5 Å². The second kappa shape index (κ2) is 6.20. The predicted octanol–water partition coefficient (Wildman–Crippen LogP) is 2.93. The number of rotatable bonds is 3. The summed E-state index contributed by atoms with van der Waals surface area (Å²) in [5.74, 6) is -0.0896. The minimum Gasteiger partial charge on any atom is -0.325 e. The van der Waals surface area contributed by atoms with Crippen molar-refractivity contribution in [2.75, 3.05) is 0 Å². The summed E-state index contributed by atoms with van der Waals surface area (Å²) < 4.78 is 0. The number of aliphatic imine (C=N–C) groups is 1. The third kappa shape index (κ3) is 3.04. The lowest BCUT2D eigenvalue weighted by atomic mass is 9.85. The first-order valence-electron chi connectivity index (χ1n) is 7.48. The molecule has 0 radical (unpaired) electrons. The largest absolute Gasteiger partial charge is 0.325 e. The number of allylic oxidation sites excluding steroid dienone is 3. The number of hydrogen-bond donors (Lipinski definition) is 1. The number of nitrogens with zero attached hydrogens (tertiary/aromatic N) is 1. The lowest BCUT2D eigenvalue weighted by Crippen LogP contribution is -2.35. The van der Waals surface area contributed by atoms with Crippen molar-refractivity contribution >= 4 is 17.5 Å². The van der Waals surface area contributed by atoms with Crippen LogP contribution in [0.15, 0.2) is 40.1 Å². The van der Waals surface area contributed by atoms with E-state index in [1.807, 2.05) is 39.8 Å². The first-order valence-corrected chi connectivity index (χ1v) is 7.48. The summed E-state index contributed by atoms with van der Waals surface area (Å²) in [6, 6.07) is 0. The molecule has 4 heteroatoms. The number of fused-ring (bicyclic) bond motifs is 1. The highest BCUT2D eigenvalue weighted by atomic mass is 16.2. The van der Waals surface area contributed by atoms with Gasteiger partial charge in [0, 0.05) is 23.1 Å². The van der Waals surface area contributed by atoms with Crippen LogP contribution in [-0.4, -0.2) is 17.5 Å². The van der Waals surface area contributed by atoms with E-state index in [4.69, 9.17) is 0 Å². The Hall–Kier alpha value is -1.97. The molecule has 1 heterocycles. The van der Waals surface area contributed by atoms with Crippen LogP contribution >= 0.6 is 0 Å². The van der Waals surface area contributed by atoms with E-state index < -0.39 is 0 Å². The van der Waals surface area contributed by atoms with Crippen molar-refractivity contribution < 1.29 is 9.59 Å². The minimum absolute atomic E-state index is 0.0214. The van der Waals surface area contributed by atoms with Crippen molar-refractivity contribution in [2.24, 2.45) is 16.8 Å². The highest BCUT2D eigenvalue weighted by Crippen LogP contribution is 2.29. The van der Waals surface area contributed by atoms with E-state index in [1.165, 1.54) is 0 Å². The van der Waals surface area contributed by atoms with Gasteiger partial charge in [-0.25, -0.2) is 4.99 Å². The van der Waals surface area contributed by atoms with E-state index in [2.05, 4.69) is 10.3 Å². The lowest BCUT2D eigenvalue weighted by molar-refractivity contribution is -0.121. The normalized spacial score (nSPS) is 23.3. The minimum atomic E-state index is -0.0828. The second-order valence-corrected chi connectivity index (χ2v) is 5.59. The number of hydrogen-bond acceptors (Lipinski definition) is 2. The van der Waals surface area contributed by atoms with Gasteiger partial charge in [-0.2, -0.15) is 0 Å². The van der Waals surface area contributed by atoms with E-state index in [0.29, 0.717) is 5.71 Å². The molecule has 0 aromatic carbocycles. The van der Waals surface area contributed by atoms with Gasteiger partial charge in [0.25, 0.3) is 5.91 Å². The lowest BCUT2D eigenvalue weighted by Gasteiger charge is -2.28. The monoisotopic (exact) mass is 286 g/mol. The molecule has 1 aliphatic carbocycles. The maximum Gasteiger partial charge on any atom is 0.251 e. The second-order valence-electron chi connectivity index (χ2n) is 5.59. The van der Waals surface area contributed by atoms with Gasteiger partial charge in [-0.1, -0.05) is 25.5 Å². The van der Waals surface area contributed by atoms with E-state index in [-0.39, 0.29) is 23.7 Å². The highest BCUT2D eigenvalue weighted by molar-refractivity contribution is 6.11. The summed E-state index contributed by atoms with van der Waals surface area (Å²) in [5.41, 5.74) is 3.23. The van der Waals surface area contributed by atoms with Crippen molar-refractivity contribution in [3.63, 3.8) is 0 Å². The molecule has 1 aliphatic heterocycles. The zero-order valence-corrected chi connectivity index (χ0v) is 13.1. The fourth-order valence-electron chi connectivity index (χ4n) is 2.65. The molecule has 0 aromatic heterocycles. The summed E-state index contributed by atoms with van der Waals surface area (Å²) in [5, 5.41) is 2.88. The smallest absolute Gasteiger partial charge is 0.251 e. The summed E-state index contributed by atoms with van der Waals surface area (Å²) in [7, 11) is 0. The van der Waals surface area contributed by atoms with Gasteiger partial charge in [0.15, 0.2) is 0 Å². The van der Waals surface area contributed by atoms with Crippen LogP contribution < -0.4 is 5.32 Å². The Morgan fingerprint density at radius 2 is 2.00 bits per heavy atom. The maximum absolute atomic E-state index is 12.1. The quantitative estimate of drug-likeness (QED) is 0.867. The van der Waals surface area contributed by atoms with Crippen LogP contribution in [0.5, 0.6) is 0 Å². The SMILES string of the molecule is CCC(CC)C(=O)N=C1C=CC2C(=C1)NC(=O)C(C)=C2C. The van der Waals surface area contributed by atoms with Gasteiger partial charge in [0.1, 0.15) is 0 Å². The number of amides is 2. The average molecular weight is 286 g/mol. The fourth-order valence-corrected chi connectivity index (χ4v) is 2.65. The molecular formula is C17H22N2O2. The Bertz CT molecular complexity index is 590. The Morgan fingerprint density at radius 1 is 1.33 bits per heavy atom. The van der Waals surface area contributed by atoms with Crippen LogP contribution in [0.1, 0.15) is 40.5 Å². The van der Waals surface area contributed by atoms with Crippen molar-refractivity contribution in [3.05, 3.63) is 35.1 Å². The highest BCUT2D eigenvalue weighted by Gasteiger charge is 2.27. The molecule has 2 aliphatic rings. The zero-order chi connectivity index (χ0) is 15.6. The molecular weight excluding hydrogens is 264 g/mol. The molecule has 0 fully saturated rings. The third-order valence-corrected chi connectivity index (χ3v) is 4.33. The van der Waals surface area contributed by atoms with Crippen LogP contribution in [0.2, 0.25) is 0 Å². The molecule has 112 valence electrons. The first kappa shape index (κ1) is 15.4. The number of carbonyl (C=O) groups is 2. The van der Waals surface area contributed by atoms with Crippen LogP contribution in [0, 0.1) is 11.8 Å². The number of carbonyl (C=O) groups excluding carboxylic acids is 2. The Kier molecular flexibility index (Phi) is 4.56.